The summed E-state index contributed by atoms with van der Waals surface area (Å²) in [6.07, 6.45) is 3.21. The average Bonchev–Trinajstić information content (AvgIpc) is 2.85. The minimum Gasteiger partial charge on any atom is -0.385 e. The zero-order valence-electron chi connectivity index (χ0n) is 11.8. The summed E-state index contributed by atoms with van der Waals surface area (Å²) in [6, 6.07) is 3.77. The van der Waals surface area contributed by atoms with Crippen LogP contribution in [-0.4, -0.2) is 36.3 Å². The fourth-order valence-electron chi connectivity index (χ4n) is 2.11. The van der Waals surface area contributed by atoms with E-state index in [1.54, 1.807) is 13.2 Å². The van der Waals surface area contributed by atoms with Gasteiger partial charge in [0.05, 0.1) is 18.4 Å². The van der Waals surface area contributed by atoms with Crippen LogP contribution in [0.15, 0.2) is 29.3 Å². The molecule has 3 heterocycles. The van der Waals surface area contributed by atoms with Gasteiger partial charge in [0.15, 0.2) is 5.65 Å². The number of anilines is 1. The lowest BCUT2D eigenvalue weighted by molar-refractivity contribution is 0.587. The molecule has 8 nitrogen and oxygen atoms in total. The SMILES string of the molecule is CCNc1ccnc(Cn2nnc3c(cnn3C)c2=O)c1. The third-order valence-corrected chi connectivity index (χ3v) is 3.13. The predicted octanol–water partition coefficient (Wildman–Crippen LogP) is 0.400. The topological polar surface area (TPSA) is 90.5 Å². The molecule has 0 spiro atoms. The molecule has 3 aromatic heterocycles. The van der Waals surface area contributed by atoms with Crippen LogP contribution in [0.4, 0.5) is 5.69 Å². The number of fused-ring (bicyclic) bond motifs is 1. The first-order chi connectivity index (χ1) is 10.2. The summed E-state index contributed by atoms with van der Waals surface area (Å²) in [5, 5.41) is 15.6. The lowest BCUT2D eigenvalue weighted by Crippen LogP contribution is -2.25. The Balaban J connectivity index is 1.96. The van der Waals surface area contributed by atoms with Crippen LogP contribution in [0.3, 0.4) is 0 Å². The molecule has 0 aromatic carbocycles. The van der Waals surface area contributed by atoms with Crippen LogP contribution in [0.2, 0.25) is 0 Å². The van der Waals surface area contributed by atoms with Crippen molar-refractivity contribution in [1.29, 1.82) is 0 Å². The summed E-state index contributed by atoms with van der Waals surface area (Å²) in [5.74, 6) is 0. The van der Waals surface area contributed by atoms with Gasteiger partial charge in [-0.2, -0.15) is 5.10 Å². The summed E-state index contributed by atoms with van der Waals surface area (Å²) in [4.78, 5) is 16.6. The number of nitrogens with zero attached hydrogens (tertiary/aromatic N) is 6. The molecule has 0 aliphatic heterocycles. The lowest BCUT2D eigenvalue weighted by Gasteiger charge is -2.06. The van der Waals surface area contributed by atoms with E-state index in [4.69, 9.17) is 0 Å². The average molecular weight is 285 g/mol. The van der Waals surface area contributed by atoms with Crippen molar-refractivity contribution in [3.05, 3.63) is 40.6 Å². The van der Waals surface area contributed by atoms with E-state index in [-0.39, 0.29) is 12.1 Å². The molecular weight excluding hydrogens is 270 g/mol. The molecular formula is C13H15N7O. The largest absolute Gasteiger partial charge is 0.385 e. The fraction of sp³-hybridized carbons (Fsp3) is 0.308. The molecule has 1 N–H and O–H groups in total. The zero-order valence-corrected chi connectivity index (χ0v) is 11.8. The quantitative estimate of drug-likeness (QED) is 0.746. The molecule has 0 bridgehead atoms. The van der Waals surface area contributed by atoms with Crippen molar-refractivity contribution in [1.82, 2.24) is 29.8 Å². The van der Waals surface area contributed by atoms with Crippen molar-refractivity contribution < 1.29 is 0 Å². The molecule has 0 aliphatic rings. The van der Waals surface area contributed by atoms with Crippen molar-refractivity contribution in [2.75, 3.05) is 11.9 Å². The van der Waals surface area contributed by atoms with Crippen LogP contribution in [0.25, 0.3) is 11.0 Å². The van der Waals surface area contributed by atoms with Gasteiger partial charge in [-0.3, -0.25) is 9.78 Å². The molecule has 3 rings (SSSR count). The Morgan fingerprint density at radius 3 is 3.05 bits per heavy atom. The van der Waals surface area contributed by atoms with Crippen molar-refractivity contribution in [3.8, 4) is 0 Å². The Kier molecular flexibility index (Phi) is 3.35. The minimum absolute atomic E-state index is 0.219. The highest BCUT2D eigenvalue weighted by Crippen LogP contribution is 2.08. The number of rotatable bonds is 4. The summed E-state index contributed by atoms with van der Waals surface area (Å²) in [6.45, 7) is 3.12. The highest BCUT2D eigenvalue weighted by atomic mass is 16.1. The smallest absolute Gasteiger partial charge is 0.281 e. The molecule has 0 saturated heterocycles. The normalized spacial score (nSPS) is 11.0. The van der Waals surface area contributed by atoms with Crippen LogP contribution in [-0.2, 0) is 13.6 Å². The van der Waals surface area contributed by atoms with Crippen LogP contribution in [0.5, 0.6) is 0 Å². The summed E-state index contributed by atoms with van der Waals surface area (Å²) < 4.78 is 2.82. The van der Waals surface area contributed by atoms with E-state index in [2.05, 4.69) is 25.7 Å². The van der Waals surface area contributed by atoms with Crippen molar-refractivity contribution in [2.24, 2.45) is 7.05 Å². The second-order valence-corrected chi connectivity index (χ2v) is 4.62. The van der Waals surface area contributed by atoms with Crippen molar-refractivity contribution >= 4 is 16.7 Å². The molecule has 0 atom stereocenters. The van der Waals surface area contributed by atoms with Gasteiger partial charge in [-0.25, -0.2) is 9.36 Å². The third kappa shape index (κ3) is 2.47. The maximum atomic E-state index is 12.3. The number of aromatic nitrogens is 6. The van der Waals surface area contributed by atoms with Crippen LogP contribution < -0.4 is 10.9 Å². The molecule has 8 heteroatoms. The number of hydrogen-bond acceptors (Lipinski definition) is 6. The van der Waals surface area contributed by atoms with Crippen LogP contribution in [0.1, 0.15) is 12.6 Å². The standard InChI is InChI=1S/C13H15N7O/c1-3-14-9-4-5-15-10(6-9)8-20-13(21)11-7-16-19(2)12(11)17-18-20/h4-7H,3,8H2,1-2H3,(H,14,15). The van der Waals surface area contributed by atoms with E-state index in [0.717, 1.165) is 17.9 Å². The first kappa shape index (κ1) is 13.2. The van der Waals surface area contributed by atoms with Gasteiger partial charge in [0, 0.05) is 25.5 Å². The molecule has 0 unspecified atom stereocenters. The van der Waals surface area contributed by atoms with Gasteiger partial charge in [-0.05, 0) is 19.1 Å². The number of pyridine rings is 1. The number of nitrogens with one attached hydrogen (secondary N) is 1. The molecule has 0 fully saturated rings. The second-order valence-electron chi connectivity index (χ2n) is 4.62. The van der Waals surface area contributed by atoms with Gasteiger partial charge in [0.25, 0.3) is 5.56 Å². The zero-order chi connectivity index (χ0) is 14.8. The minimum atomic E-state index is -0.219. The van der Waals surface area contributed by atoms with E-state index in [9.17, 15) is 4.79 Å². The highest BCUT2D eigenvalue weighted by molar-refractivity contribution is 5.72. The number of aryl methyl sites for hydroxylation is 1. The Morgan fingerprint density at radius 2 is 2.24 bits per heavy atom. The predicted molar refractivity (Wildman–Crippen MR) is 78.1 cm³/mol. The fourth-order valence-corrected chi connectivity index (χ4v) is 2.11. The van der Waals surface area contributed by atoms with Gasteiger partial charge < -0.3 is 5.32 Å². The van der Waals surface area contributed by atoms with Gasteiger partial charge in [0.1, 0.15) is 5.39 Å². The molecule has 0 saturated carbocycles. The number of hydrogen-bond donors (Lipinski definition) is 1. The Morgan fingerprint density at radius 1 is 1.38 bits per heavy atom. The van der Waals surface area contributed by atoms with Crippen molar-refractivity contribution in [3.63, 3.8) is 0 Å². The maximum absolute atomic E-state index is 12.3. The van der Waals surface area contributed by atoms with E-state index in [1.165, 1.54) is 15.6 Å². The lowest BCUT2D eigenvalue weighted by atomic mass is 10.3. The Labute approximate surface area is 120 Å². The first-order valence-electron chi connectivity index (χ1n) is 6.63. The maximum Gasteiger partial charge on any atom is 0.281 e. The Hall–Kier alpha value is -2.77. The van der Waals surface area contributed by atoms with E-state index in [1.807, 2.05) is 19.1 Å². The third-order valence-electron chi connectivity index (χ3n) is 3.13. The highest BCUT2D eigenvalue weighted by Gasteiger charge is 2.10. The molecule has 0 radical (unpaired) electrons. The molecule has 108 valence electrons. The van der Waals surface area contributed by atoms with Gasteiger partial charge in [-0.1, -0.05) is 5.21 Å². The summed E-state index contributed by atoms with van der Waals surface area (Å²) in [5.41, 5.74) is 1.97. The van der Waals surface area contributed by atoms with Crippen molar-refractivity contribution in [2.45, 2.75) is 13.5 Å². The summed E-state index contributed by atoms with van der Waals surface area (Å²) in [7, 11) is 1.72. The van der Waals surface area contributed by atoms with Crippen LogP contribution >= 0.6 is 0 Å². The van der Waals surface area contributed by atoms with Gasteiger partial charge in [-0.15, -0.1) is 5.10 Å². The van der Waals surface area contributed by atoms with E-state index >= 15 is 0 Å². The second kappa shape index (κ2) is 5.31. The van der Waals surface area contributed by atoms with Gasteiger partial charge >= 0.3 is 0 Å². The molecule has 3 aromatic rings. The summed E-state index contributed by atoms with van der Waals surface area (Å²) >= 11 is 0. The first-order valence-corrected chi connectivity index (χ1v) is 6.63. The van der Waals surface area contributed by atoms with E-state index in [0.29, 0.717) is 11.0 Å². The Bertz CT molecular complexity index is 836. The van der Waals surface area contributed by atoms with E-state index < -0.39 is 0 Å². The van der Waals surface area contributed by atoms with Gasteiger partial charge in [0.2, 0.25) is 0 Å². The molecule has 0 amide bonds. The molecule has 0 aliphatic carbocycles. The monoisotopic (exact) mass is 285 g/mol. The van der Waals surface area contributed by atoms with Crippen LogP contribution in [0, 0.1) is 0 Å². The molecule has 21 heavy (non-hydrogen) atoms.